The van der Waals surface area contributed by atoms with Crippen LogP contribution in [0.3, 0.4) is 0 Å². The number of nitrogens with zero attached hydrogens (tertiary/aromatic N) is 1. The Labute approximate surface area is 207 Å². The molecule has 6 heteroatoms. The van der Waals surface area contributed by atoms with Crippen LogP contribution in [0.15, 0.2) is 72.8 Å². The van der Waals surface area contributed by atoms with Crippen molar-refractivity contribution in [3.63, 3.8) is 0 Å². The molecule has 0 aliphatic rings. The monoisotopic (exact) mass is 479 g/mol. The molecule has 174 valence electrons. The van der Waals surface area contributed by atoms with Crippen LogP contribution in [0.5, 0.6) is 0 Å². The Hall–Kier alpha value is -4.03. The first-order valence-electron chi connectivity index (χ1n) is 11.4. The lowest BCUT2D eigenvalue weighted by molar-refractivity contribution is -0.115. The summed E-state index contributed by atoms with van der Waals surface area (Å²) in [5.74, 6) is -0.292. The molecular formula is C29H25N3O2S. The number of anilines is 2. The van der Waals surface area contributed by atoms with E-state index in [2.05, 4.69) is 33.8 Å². The second kappa shape index (κ2) is 9.31. The number of benzene rings is 4. The highest BCUT2D eigenvalue weighted by Crippen LogP contribution is 2.28. The summed E-state index contributed by atoms with van der Waals surface area (Å²) in [7, 11) is 0. The molecular weight excluding hydrogens is 454 g/mol. The van der Waals surface area contributed by atoms with Gasteiger partial charge in [-0.15, -0.1) is 0 Å². The van der Waals surface area contributed by atoms with Crippen LogP contribution in [0.1, 0.15) is 32.6 Å². The molecule has 0 radical (unpaired) electrons. The lowest BCUT2D eigenvalue weighted by Gasteiger charge is -2.12. The van der Waals surface area contributed by atoms with Gasteiger partial charge in [0.05, 0.1) is 16.6 Å². The predicted molar refractivity (Wildman–Crippen MR) is 145 cm³/mol. The molecule has 0 fully saturated rings. The topological polar surface area (TPSA) is 71.1 Å². The number of aryl methyl sites for hydroxylation is 3. The molecule has 1 heterocycles. The molecule has 2 amide bonds. The molecule has 0 aliphatic heterocycles. The van der Waals surface area contributed by atoms with Crippen LogP contribution < -0.4 is 10.6 Å². The van der Waals surface area contributed by atoms with Crippen molar-refractivity contribution in [1.82, 2.24) is 4.98 Å². The zero-order valence-electron chi connectivity index (χ0n) is 19.8. The predicted octanol–water partition coefficient (Wildman–Crippen LogP) is 6.81. The molecule has 0 atom stereocenters. The van der Waals surface area contributed by atoms with Crippen molar-refractivity contribution in [2.75, 3.05) is 10.6 Å². The third-order valence-electron chi connectivity index (χ3n) is 5.99. The lowest BCUT2D eigenvalue weighted by atomic mass is 10.0. The number of aromatic nitrogens is 1. The number of rotatable bonds is 5. The standard InChI is InChI=1S/C29H25N3O2S/c1-17-12-18(2)27(19(3)13-17)32-28(34)23-10-11-24-25(16-23)35-29(30-24)31-26(33)15-20-8-9-21-6-4-5-7-22(21)14-20/h4-14,16H,15H2,1-3H3,(H,32,34)(H,30,31,33). The third kappa shape index (κ3) is 4.93. The van der Waals surface area contributed by atoms with Gasteiger partial charge in [0.2, 0.25) is 5.91 Å². The van der Waals surface area contributed by atoms with Crippen molar-refractivity contribution in [2.24, 2.45) is 0 Å². The van der Waals surface area contributed by atoms with Gasteiger partial charge in [-0.2, -0.15) is 0 Å². The zero-order chi connectivity index (χ0) is 24.5. The number of hydrogen-bond donors (Lipinski definition) is 2. The molecule has 5 nitrogen and oxygen atoms in total. The first kappa shape index (κ1) is 22.7. The molecule has 5 rings (SSSR count). The summed E-state index contributed by atoms with van der Waals surface area (Å²) in [5, 5.41) is 8.73. The molecule has 0 bridgehead atoms. The van der Waals surface area contributed by atoms with Crippen molar-refractivity contribution >= 4 is 55.0 Å². The third-order valence-corrected chi connectivity index (χ3v) is 6.92. The minimum Gasteiger partial charge on any atom is -0.322 e. The molecule has 35 heavy (non-hydrogen) atoms. The van der Waals surface area contributed by atoms with Gasteiger partial charge in [-0.1, -0.05) is 71.5 Å². The van der Waals surface area contributed by atoms with Gasteiger partial charge in [-0.3, -0.25) is 9.59 Å². The number of fused-ring (bicyclic) bond motifs is 2. The normalized spacial score (nSPS) is 11.1. The van der Waals surface area contributed by atoms with Gasteiger partial charge in [0.15, 0.2) is 5.13 Å². The number of carbonyl (C=O) groups is 2. The average molecular weight is 480 g/mol. The van der Waals surface area contributed by atoms with E-state index in [1.165, 1.54) is 16.9 Å². The van der Waals surface area contributed by atoms with Gasteiger partial charge >= 0.3 is 0 Å². The average Bonchev–Trinajstić information content (AvgIpc) is 3.22. The summed E-state index contributed by atoms with van der Waals surface area (Å²) < 4.78 is 0.844. The molecule has 0 spiro atoms. The van der Waals surface area contributed by atoms with Crippen molar-refractivity contribution in [3.05, 3.63) is 101 Å². The number of hydrogen-bond acceptors (Lipinski definition) is 4. The fraction of sp³-hybridized carbons (Fsp3) is 0.138. The SMILES string of the molecule is Cc1cc(C)c(NC(=O)c2ccc3nc(NC(=O)Cc4ccc5ccccc5c4)sc3c2)c(C)c1. The van der Waals surface area contributed by atoms with Crippen LogP contribution in [0.4, 0.5) is 10.8 Å². The molecule has 1 aromatic heterocycles. The lowest BCUT2D eigenvalue weighted by Crippen LogP contribution is -2.14. The summed E-state index contributed by atoms with van der Waals surface area (Å²) in [6.07, 6.45) is 0.268. The molecule has 0 aliphatic carbocycles. The Balaban J connectivity index is 1.30. The molecule has 0 unspecified atom stereocenters. The fourth-order valence-corrected chi connectivity index (χ4v) is 5.30. The summed E-state index contributed by atoms with van der Waals surface area (Å²) in [4.78, 5) is 30.1. The van der Waals surface area contributed by atoms with Crippen LogP contribution in [0.25, 0.3) is 21.0 Å². The van der Waals surface area contributed by atoms with E-state index in [9.17, 15) is 9.59 Å². The van der Waals surface area contributed by atoms with Crippen molar-refractivity contribution < 1.29 is 9.59 Å². The first-order chi connectivity index (χ1) is 16.9. The zero-order valence-corrected chi connectivity index (χ0v) is 20.6. The smallest absolute Gasteiger partial charge is 0.255 e. The Kier molecular flexibility index (Phi) is 6.05. The summed E-state index contributed by atoms with van der Waals surface area (Å²) >= 11 is 1.36. The highest BCUT2D eigenvalue weighted by atomic mass is 32.1. The summed E-state index contributed by atoms with van der Waals surface area (Å²) in [6.45, 7) is 6.03. The number of thiazole rings is 1. The highest BCUT2D eigenvalue weighted by Gasteiger charge is 2.14. The van der Waals surface area contributed by atoms with Gasteiger partial charge in [0.1, 0.15) is 0 Å². The van der Waals surface area contributed by atoms with Crippen LogP contribution >= 0.6 is 11.3 Å². The maximum atomic E-state index is 12.9. The molecule has 2 N–H and O–H groups in total. The Bertz CT molecular complexity index is 1580. The second-order valence-corrected chi connectivity index (χ2v) is 9.87. The number of amides is 2. The number of carbonyl (C=O) groups excluding carboxylic acids is 2. The van der Waals surface area contributed by atoms with Crippen molar-refractivity contribution in [3.8, 4) is 0 Å². The Morgan fingerprint density at radius 3 is 2.34 bits per heavy atom. The van der Waals surface area contributed by atoms with E-state index < -0.39 is 0 Å². The quantitative estimate of drug-likeness (QED) is 0.291. The minimum atomic E-state index is -0.169. The maximum Gasteiger partial charge on any atom is 0.255 e. The Morgan fingerprint density at radius 2 is 1.57 bits per heavy atom. The maximum absolute atomic E-state index is 12.9. The minimum absolute atomic E-state index is 0.123. The van der Waals surface area contributed by atoms with E-state index in [-0.39, 0.29) is 18.2 Å². The molecule has 0 saturated carbocycles. The molecule has 0 saturated heterocycles. The number of nitrogens with one attached hydrogen (secondary N) is 2. The largest absolute Gasteiger partial charge is 0.322 e. The van der Waals surface area contributed by atoms with Crippen LogP contribution in [0.2, 0.25) is 0 Å². The van der Waals surface area contributed by atoms with Gasteiger partial charge in [-0.25, -0.2) is 4.98 Å². The van der Waals surface area contributed by atoms with Crippen LogP contribution in [-0.4, -0.2) is 16.8 Å². The van der Waals surface area contributed by atoms with Crippen LogP contribution in [-0.2, 0) is 11.2 Å². The highest BCUT2D eigenvalue weighted by molar-refractivity contribution is 7.22. The van der Waals surface area contributed by atoms with Gasteiger partial charge in [-0.05, 0) is 66.4 Å². The van der Waals surface area contributed by atoms with E-state index in [4.69, 9.17) is 0 Å². The van der Waals surface area contributed by atoms with E-state index in [0.717, 1.165) is 43.4 Å². The second-order valence-electron chi connectivity index (χ2n) is 8.84. The van der Waals surface area contributed by atoms with Gasteiger partial charge in [0.25, 0.3) is 5.91 Å². The van der Waals surface area contributed by atoms with Crippen LogP contribution in [0, 0.1) is 20.8 Å². The Morgan fingerprint density at radius 1 is 0.829 bits per heavy atom. The summed E-state index contributed by atoms with van der Waals surface area (Å²) in [6, 6.07) is 23.6. The van der Waals surface area contributed by atoms with E-state index in [1.807, 2.05) is 69.3 Å². The van der Waals surface area contributed by atoms with E-state index in [0.29, 0.717) is 10.7 Å². The van der Waals surface area contributed by atoms with Crippen molar-refractivity contribution in [2.45, 2.75) is 27.2 Å². The fourth-order valence-electron chi connectivity index (χ4n) is 4.38. The van der Waals surface area contributed by atoms with E-state index in [1.54, 1.807) is 6.07 Å². The van der Waals surface area contributed by atoms with E-state index >= 15 is 0 Å². The van der Waals surface area contributed by atoms with Crippen molar-refractivity contribution in [1.29, 1.82) is 0 Å². The first-order valence-corrected chi connectivity index (χ1v) is 12.2. The van der Waals surface area contributed by atoms with Gasteiger partial charge < -0.3 is 10.6 Å². The molecule has 5 aromatic rings. The summed E-state index contributed by atoms with van der Waals surface area (Å²) in [5.41, 5.74) is 6.32. The molecule has 4 aromatic carbocycles. The van der Waals surface area contributed by atoms with Gasteiger partial charge in [0, 0.05) is 11.3 Å².